The molecule has 0 unspecified atom stereocenters. The molecular formula is C3H5N2O2+. The van der Waals surface area contributed by atoms with Crippen molar-refractivity contribution in [1.82, 2.24) is 0 Å². The van der Waals surface area contributed by atoms with Gasteiger partial charge in [0.25, 0.3) is 0 Å². The summed E-state index contributed by atoms with van der Waals surface area (Å²) in [4.78, 5) is -1.36. The van der Waals surface area contributed by atoms with Crippen LogP contribution in [0.3, 0.4) is 0 Å². The monoisotopic (exact) mass is 101 g/mol. The second kappa shape index (κ2) is 1.13. The quantitative estimate of drug-likeness (QED) is 0.425. The normalized spacial score (nSPS) is 23.7. The van der Waals surface area contributed by atoms with Crippen molar-refractivity contribution >= 4 is 6.21 Å². The third-order valence-electron chi connectivity index (χ3n) is 0.609. The van der Waals surface area contributed by atoms with E-state index in [1.807, 2.05) is 0 Å². The van der Waals surface area contributed by atoms with E-state index in [4.69, 9.17) is 10.4 Å². The summed E-state index contributed by atoms with van der Waals surface area (Å²) in [5.74, 6) is 0. The fourth-order valence-corrected chi connectivity index (χ4v) is 0.329. The summed E-state index contributed by atoms with van der Waals surface area (Å²) in [7, 11) is 0. The summed E-state index contributed by atoms with van der Waals surface area (Å²) < 4.78 is 0. The minimum Gasteiger partial charge on any atom is -0.147 e. The minimum absolute atomic E-state index is 1.12. The van der Waals surface area contributed by atoms with Gasteiger partial charge in [0.1, 0.15) is 0 Å². The molecule has 0 radical (unpaired) electrons. The summed E-state index contributed by atoms with van der Waals surface area (Å²) in [5, 5.41) is 20.0. The average molecular weight is 101 g/mol. The predicted molar refractivity (Wildman–Crippen MR) is 21.5 cm³/mol. The summed E-state index contributed by atoms with van der Waals surface area (Å²) in [6, 6.07) is 0. The highest BCUT2D eigenvalue weighted by atomic mass is 16.9. The average Bonchev–Trinajstić information content (AvgIpc) is 1.84. The van der Waals surface area contributed by atoms with E-state index in [0.717, 1.165) is 6.20 Å². The first-order valence-electron chi connectivity index (χ1n) is 1.78. The van der Waals surface area contributed by atoms with Crippen LogP contribution < -0.4 is 0 Å². The number of hydrogen-bond donors (Lipinski definition) is 2. The molecule has 1 heterocycles. The fraction of sp³-hybridized carbons (Fsp3) is 0. The van der Waals surface area contributed by atoms with Crippen LogP contribution in [0.2, 0.25) is 0 Å². The third-order valence-corrected chi connectivity index (χ3v) is 0.609. The van der Waals surface area contributed by atoms with Gasteiger partial charge in [-0.3, -0.25) is 0 Å². The number of allylic oxidation sites excluding steroid dienone is 1. The largest absolute Gasteiger partial charge is 0.196 e. The fourth-order valence-electron chi connectivity index (χ4n) is 0.329. The molecule has 0 spiro atoms. The van der Waals surface area contributed by atoms with Gasteiger partial charge in [0.05, 0.1) is 11.1 Å². The Labute approximate surface area is 40.1 Å². The lowest BCUT2D eigenvalue weighted by Crippen LogP contribution is -2.25. The molecule has 1 rings (SSSR count). The highest BCUT2D eigenvalue weighted by Crippen LogP contribution is 2.01. The van der Waals surface area contributed by atoms with Crippen LogP contribution in [0.4, 0.5) is 0 Å². The molecule has 4 heteroatoms. The van der Waals surface area contributed by atoms with Gasteiger partial charge in [0.2, 0.25) is 0 Å². The third kappa shape index (κ3) is 0.833. The first-order valence-corrected chi connectivity index (χ1v) is 1.78. The van der Waals surface area contributed by atoms with Gasteiger partial charge in [-0.15, -0.1) is 10.4 Å². The summed E-state index contributed by atoms with van der Waals surface area (Å²) in [6.07, 6.45) is 3.88. The van der Waals surface area contributed by atoms with E-state index in [-0.39, 0.29) is 0 Å². The zero-order valence-corrected chi connectivity index (χ0v) is 3.52. The Bertz CT molecular complexity index is 113. The SMILES string of the molecule is O[N+]1(O)C=CC=N1. The molecule has 7 heavy (non-hydrogen) atoms. The first kappa shape index (κ1) is 4.45. The topological polar surface area (TPSA) is 52.8 Å². The molecule has 0 bridgehead atoms. The van der Waals surface area contributed by atoms with E-state index in [9.17, 15) is 0 Å². The van der Waals surface area contributed by atoms with Crippen LogP contribution >= 0.6 is 0 Å². The van der Waals surface area contributed by atoms with Crippen LogP contribution in [0.15, 0.2) is 17.4 Å². The second-order valence-corrected chi connectivity index (χ2v) is 1.22. The highest BCUT2D eigenvalue weighted by Gasteiger charge is 2.18. The molecule has 0 saturated carbocycles. The standard InChI is InChI=1S/C3H5N2O2/c6-5(7)3-1-2-4-5/h1-3,6-7H/q+1. The van der Waals surface area contributed by atoms with Crippen LogP contribution in [-0.4, -0.2) is 21.5 Å². The minimum atomic E-state index is -1.36. The van der Waals surface area contributed by atoms with E-state index in [1.165, 1.54) is 12.3 Å². The van der Waals surface area contributed by atoms with E-state index in [2.05, 4.69) is 5.10 Å². The maximum atomic E-state index is 8.40. The van der Waals surface area contributed by atoms with Crippen molar-refractivity contribution in [2.45, 2.75) is 0 Å². The summed E-state index contributed by atoms with van der Waals surface area (Å²) in [5.41, 5.74) is 0. The van der Waals surface area contributed by atoms with E-state index in [0.29, 0.717) is 0 Å². The van der Waals surface area contributed by atoms with Crippen LogP contribution in [0.1, 0.15) is 0 Å². The maximum absolute atomic E-state index is 8.40. The molecule has 0 aromatic rings. The summed E-state index contributed by atoms with van der Waals surface area (Å²) in [6.45, 7) is 0. The van der Waals surface area contributed by atoms with Crippen molar-refractivity contribution in [3.63, 3.8) is 0 Å². The molecule has 0 aliphatic carbocycles. The smallest absolute Gasteiger partial charge is 0.147 e. The number of rotatable bonds is 0. The van der Waals surface area contributed by atoms with Crippen molar-refractivity contribution in [2.24, 2.45) is 5.10 Å². The molecular weight excluding hydrogens is 96.0 g/mol. The van der Waals surface area contributed by atoms with Crippen molar-refractivity contribution < 1.29 is 15.3 Å². The second-order valence-electron chi connectivity index (χ2n) is 1.22. The zero-order valence-electron chi connectivity index (χ0n) is 3.52. The Morgan fingerprint density at radius 1 is 1.43 bits per heavy atom. The van der Waals surface area contributed by atoms with Crippen molar-refractivity contribution in [3.05, 3.63) is 12.3 Å². The Balaban J connectivity index is 2.77. The first-order chi connectivity index (χ1) is 3.21. The molecule has 0 saturated heterocycles. The lowest BCUT2D eigenvalue weighted by molar-refractivity contribution is -1.21. The van der Waals surface area contributed by atoms with Crippen molar-refractivity contribution in [2.75, 3.05) is 0 Å². The molecule has 0 amide bonds. The van der Waals surface area contributed by atoms with E-state index >= 15 is 0 Å². The van der Waals surface area contributed by atoms with Crippen LogP contribution in [0, 0.1) is 0 Å². The molecule has 38 valence electrons. The number of hydrogen-bond acceptors (Lipinski definition) is 3. The van der Waals surface area contributed by atoms with Gasteiger partial charge >= 0.3 is 0 Å². The Kier molecular flexibility index (Phi) is 0.717. The zero-order chi connectivity index (χ0) is 5.33. The lowest BCUT2D eigenvalue weighted by atomic mass is 10.7. The molecule has 4 nitrogen and oxygen atoms in total. The maximum Gasteiger partial charge on any atom is 0.196 e. The molecule has 0 aromatic heterocycles. The van der Waals surface area contributed by atoms with Gasteiger partial charge in [-0.05, 0) is 5.10 Å². The van der Waals surface area contributed by atoms with Gasteiger partial charge in [-0.25, -0.2) is 0 Å². The van der Waals surface area contributed by atoms with Crippen molar-refractivity contribution in [3.8, 4) is 0 Å². The van der Waals surface area contributed by atoms with E-state index < -0.39 is 4.92 Å². The summed E-state index contributed by atoms with van der Waals surface area (Å²) >= 11 is 0. The number of quaternary nitrogens is 1. The molecule has 0 atom stereocenters. The van der Waals surface area contributed by atoms with Crippen LogP contribution in [0.5, 0.6) is 0 Å². The molecule has 1 aliphatic heterocycles. The van der Waals surface area contributed by atoms with E-state index in [1.54, 1.807) is 0 Å². The Morgan fingerprint density at radius 2 is 2.14 bits per heavy atom. The molecule has 0 fully saturated rings. The van der Waals surface area contributed by atoms with Gasteiger partial charge in [0, 0.05) is 6.08 Å². The molecule has 1 aliphatic rings. The van der Waals surface area contributed by atoms with Crippen molar-refractivity contribution in [1.29, 1.82) is 0 Å². The van der Waals surface area contributed by atoms with Gasteiger partial charge in [-0.1, -0.05) is 0 Å². The highest BCUT2D eigenvalue weighted by molar-refractivity contribution is 5.70. The number of nitrogens with zero attached hydrogens (tertiary/aromatic N) is 2. The van der Waals surface area contributed by atoms with Crippen LogP contribution in [0.25, 0.3) is 0 Å². The lowest BCUT2D eigenvalue weighted by Gasteiger charge is -2.01. The molecule has 0 aromatic carbocycles. The Morgan fingerprint density at radius 3 is 2.29 bits per heavy atom. The molecule has 2 N–H and O–H groups in total. The predicted octanol–water partition coefficient (Wildman–Crippen LogP) is 0.0947. The van der Waals surface area contributed by atoms with Crippen LogP contribution in [-0.2, 0) is 0 Å². The number of hydroxylamine groups is 2. The Hall–Kier alpha value is -0.710. The van der Waals surface area contributed by atoms with Gasteiger partial charge in [-0.2, -0.15) is 0 Å². The van der Waals surface area contributed by atoms with Gasteiger partial charge in [0.15, 0.2) is 6.20 Å². The van der Waals surface area contributed by atoms with Gasteiger partial charge < -0.3 is 0 Å².